The van der Waals surface area contributed by atoms with E-state index in [1.54, 1.807) is 32.2 Å². The Morgan fingerprint density at radius 2 is 2.00 bits per heavy atom. The average Bonchev–Trinajstić information content (AvgIpc) is 3.26. The van der Waals surface area contributed by atoms with Crippen molar-refractivity contribution < 1.29 is 23.8 Å². The van der Waals surface area contributed by atoms with Gasteiger partial charge in [0.05, 0.1) is 12.0 Å². The van der Waals surface area contributed by atoms with E-state index in [0.717, 1.165) is 41.1 Å². The van der Waals surface area contributed by atoms with Crippen molar-refractivity contribution >= 4 is 17.6 Å². The molecule has 184 valence electrons. The van der Waals surface area contributed by atoms with Crippen molar-refractivity contribution in [2.24, 2.45) is 12.5 Å². The zero-order valence-electron chi connectivity index (χ0n) is 20.3. The van der Waals surface area contributed by atoms with Crippen LogP contribution >= 0.6 is 0 Å². The van der Waals surface area contributed by atoms with Crippen LogP contribution in [0.1, 0.15) is 50.1 Å². The summed E-state index contributed by atoms with van der Waals surface area (Å²) in [5.74, 6) is 1.27. The molecule has 35 heavy (non-hydrogen) atoms. The lowest BCUT2D eigenvalue weighted by atomic mass is 9.88. The molecule has 7 heteroatoms. The van der Waals surface area contributed by atoms with Crippen LogP contribution in [0.4, 0.5) is 4.39 Å². The zero-order chi connectivity index (χ0) is 25.0. The first kappa shape index (κ1) is 24.5. The number of carboxylic acid groups (broad SMARTS) is 1. The molecule has 0 aliphatic carbocycles. The van der Waals surface area contributed by atoms with Gasteiger partial charge in [0, 0.05) is 30.6 Å². The van der Waals surface area contributed by atoms with Crippen LogP contribution in [0, 0.1) is 11.2 Å². The molecular weight excluding hydrogens is 447 g/mol. The second kappa shape index (κ2) is 10.3. The molecule has 1 aromatic heterocycles. The first-order valence-corrected chi connectivity index (χ1v) is 11.8. The fraction of sp³-hybridized carbons (Fsp3) is 0.357. The Kier molecular flexibility index (Phi) is 7.24. The normalized spacial score (nSPS) is 15.2. The number of fused-ring (bicyclic) bond motifs is 1. The second-order valence-corrected chi connectivity index (χ2v) is 9.57. The number of hydrogen-bond donors (Lipinski definition) is 1. The predicted octanol–water partition coefficient (Wildman–Crippen LogP) is 5.76. The molecule has 0 spiro atoms. The van der Waals surface area contributed by atoms with Crippen LogP contribution in [0.3, 0.4) is 0 Å². The number of imidazole rings is 1. The SMILES string of the molecule is Cn1ccnc1C1=Cc2cc(OCCCC(C)(C)C(=O)O)ccc2OC1CCc1ccc(F)cc1. The van der Waals surface area contributed by atoms with E-state index in [-0.39, 0.29) is 11.9 Å². The molecule has 0 fully saturated rings. The number of halogens is 1. The fourth-order valence-electron chi connectivity index (χ4n) is 4.14. The summed E-state index contributed by atoms with van der Waals surface area (Å²) in [7, 11) is 1.95. The van der Waals surface area contributed by atoms with E-state index >= 15 is 0 Å². The largest absolute Gasteiger partial charge is 0.494 e. The summed E-state index contributed by atoms with van der Waals surface area (Å²) in [6.07, 6.45) is 8.22. The van der Waals surface area contributed by atoms with Gasteiger partial charge in [-0.25, -0.2) is 9.37 Å². The minimum Gasteiger partial charge on any atom is -0.494 e. The quantitative estimate of drug-likeness (QED) is 0.375. The van der Waals surface area contributed by atoms with Gasteiger partial charge in [0.2, 0.25) is 0 Å². The molecule has 2 heterocycles. The summed E-state index contributed by atoms with van der Waals surface area (Å²) in [5, 5.41) is 9.26. The van der Waals surface area contributed by atoms with Crippen LogP contribution in [-0.2, 0) is 18.3 Å². The monoisotopic (exact) mass is 478 g/mol. The first-order chi connectivity index (χ1) is 16.7. The summed E-state index contributed by atoms with van der Waals surface area (Å²) >= 11 is 0. The average molecular weight is 479 g/mol. The number of nitrogens with zero attached hydrogens (tertiary/aromatic N) is 2. The van der Waals surface area contributed by atoms with Crippen molar-refractivity contribution in [2.45, 2.75) is 45.6 Å². The number of aryl methyl sites for hydroxylation is 2. The Hall–Kier alpha value is -3.61. The highest BCUT2D eigenvalue weighted by atomic mass is 19.1. The van der Waals surface area contributed by atoms with Crippen LogP contribution in [0.5, 0.6) is 11.5 Å². The predicted molar refractivity (Wildman–Crippen MR) is 133 cm³/mol. The highest BCUT2D eigenvalue weighted by molar-refractivity contribution is 5.85. The fourth-order valence-corrected chi connectivity index (χ4v) is 4.14. The Morgan fingerprint density at radius 1 is 1.23 bits per heavy atom. The summed E-state index contributed by atoms with van der Waals surface area (Å²) in [5.41, 5.74) is 2.17. The molecule has 1 aliphatic rings. The number of hydrogen-bond acceptors (Lipinski definition) is 4. The topological polar surface area (TPSA) is 73.6 Å². The van der Waals surface area contributed by atoms with Crippen molar-refractivity contribution in [3.63, 3.8) is 0 Å². The van der Waals surface area contributed by atoms with E-state index in [1.807, 2.05) is 36.0 Å². The Balaban J connectivity index is 1.49. The standard InChI is InChI=1S/C28H31FN2O4/c1-28(2,27(32)33)13-4-16-34-22-10-12-24-20(17-22)18-23(26-30-14-15-31(26)3)25(35-24)11-7-19-5-8-21(29)9-6-19/h5-6,8-10,12,14-15,17-18,25H,4,7,11,13,16H2,1-3H3,(H,32,33). The maximum Gasteiger partial charge on any atom is 0.309 e. The van der Waals surface area contributed by atoms with Gasteiger partial charge < -0.3 is 19.1 Å². The van der Waals surface area contributed by atoms with Crippen molar-refractivity contribution in [1.82, 2.24) is 9.55 Å². The molecule has 0 radical (unpaired) electrons. The second-order valence-electron chi connectivity index (χ2n) is 9.57. The molecule has 1 unspecified atom stereocenters. The maximum atomic E-state index is 13.3. The number of aromatic nitrogens is 2. The lowest BCUT2D eigenvalue weighted by Gasteiger charge is -2.27. The molecule has 2 aromatic carbocycles. The van der Waals surface area contributed by atoms with Crippen LogP contribution in [0.15, 0.2) is 54.9 Å². The van der Waals surface area contributed by atoms with Gasteiger partial charge >= 0.3 is 5.97 Å². The van der Waals surface area contributed by atoms with Gasteiger partial charge in [0.1, 0.15) is 29.2 Å². The van der Waals surface area contributed by atoms with Gasteiger partial charge in [0.15, 0.2) is 0 Å². The van der Waals surface area contributed by atoms with E-state index in [9.17, 15) is 14.3 Å². The molecular formula is C28H31FN2O4. The third-order valence-electron chi connectivity index (χ3n) is 6.39. The molecule has 0 saturated carbocycles. The molecule has 3 aromatic rings. The Labute approximate surface area is 205 Å². The minimum atomic E-state index is -0.802. The summed E-state index contributed by atoms with van der Waals surface area (Å²) in [6, 6.07) is 12.3. The van der Waals surface area contributed by atoms with E-state index in [0.29, 0.717) is 25.2 Å². The minimum absolute atomic E-state index is 0.196. The van der Waals surface area contributed by atoms with Crippen LogP contribution < -0.4 is 9.47 Å². The summed E-state index contributed by atoms with van der Waals surface area (Å²) in [4.78, 5) is 15.8. The van der Waals surface area contributed by atoms with Crippen molar-refractivity contribution in [1.29, 1.82) is 0 Å². The van der Waals surface area contributed by atoms with E-state index in [1.165, 1.54) is 12.1 Å². The van der Waals surface area contributed by atoms with E-state index in [4.69, 9.17) is 9.47 Å². The molecule has 0 saturated heterocycles. The highest BCUT2D eigenvalue weighted by Crippen LogP contribution is 2.37. The number of benzene rings is 2. The van der Waals surface area contributed by atoms with E-state index < -0.39 is 11.4 Å². The number of carboxylic acids is 1. The molecule has 1 aliphatic heterocycles. The Bertz CT molecular complexity index is 1210. The van der Waals surface area contributed by atoms with Gasteiger partial charge in [-0.2, -0.15) is 0 Å². The molecule has 6 nitrogen and oxygen atoms in total. The molecule has 4 rings (SSSR count). The molecule has 0 amide bonds. The van der Waals surface area contributed by atoms with Crippen molar-refractivity contribution in [3.8, 4) is 11.5 Å². The first-order valence-electron chi connectivity index (χ1n) is 11.8. The van der Waals surface area contributed by atoms with E-state index in [2.05, 4.69) is 11.1 Å². The van der Waals surface area contributed by atoms with Crippen molar-refractivity contribution in [2.75, 3.05) is 6.61 Å². The number of rotatable bonds is 10. The molecule has 1 N–H and O–H groups in total. The number of carbonyl (C=O) groups is 1. The van der Waals surface area contributed by atoms with Gasteiger partial charge in [0.25, 0.3) is 0 Å². The van der Waals surface area contributed by atoms with Gasteiger partial charge in [-0.05, 0) is 81.5 Å². The maximum absolute atomic E-state index is 13.3. The van der Waals surface area contributed by atoms with Gasteiger partial charge in [-0.15, -0.1) is 0 Å². The van der Waals surface area contributed by atoms with Gasteiger partial charge in [-0.1, -0.05) is 12.1 Å². The zero-order valence-corrected chi connectivity index (χ0v) is 20.3. The lowest BCUT2D eigenvalue weighted by Crippen LogP contribution is -2.24. The smallest absolute Gasteiger partial charge is 0.309 e. The lowest BCUT2D eigenvalue weighted by molar-refractivity contribution is -0.147. The number of ether oxygens (including phenoxy) is 2. The van der Waals surface area contributed by atoms with Crippen LogP contribution in [0.2, 0.25) is 0 Å². The summed E-state index contributed by atoms with van der Waals surface area (Å²) in [6.45, 7) is 3.89. The van der Waals surface area contributed by atoms with Gasteiger partial charge in [-0.3, -0.25) is 4.79 Å². The number of aliphatic carboxylic acids is 1. The molecule has 0 bridgehead atoms. The van der Waals surface area contributed by atoms with Crippen LogP contribution in [-0.4, -0.2) is 33.3 Å². The third-order valence-corrected chi connectivity index (χ3v) is 6.39. The van der Waals surface area contributed by atoms with Crippen molar-refractivity contribution in [3.05, 3.63) is 77.6 Å². The summed E-state index contributed by atoms with van der Waals surface area (Å²) < 4.78 is 27.6. The highest BCUT2D eigenvalue weighted by Gasteiger charge is 2.27. The third kappa shape index (κ3) is 5.91. The Morgan fingerprint density at radius 3 is 2.69 bits per heavy atom. The van der Waals surface area contributed by atoms with Crippen LogP contribution in [0.25, 0.3) is 11.6 Å². The molecule has 1 atom stereocenters.